The van der Waals surface area contributed by atoms with Crippen molar-refractivity contribution in [2.24, 2.45) is 5.92 Å². The zero-order chi connectivity index (χ0) is 12.5. The van der Waals surface area contributed by atoms with Gasteiger partial charge in [0.2, 0.25) is 5.91 Å². The second kappa shape index (κ2) is 4.27. The zero-order valence-corrected chi connectivity index (χ0v) is 9.12. The molecule has 1 heterocycles. The Morgan fingerprint density at radius 3 is 2.94 bits per heavy atom. The van der Waals surface area contributed by atoms with Crippen LogP contribution in [0.2, 0.25) is 0 Å². The van der Waals surface area contributed by atoms with E-state index in [-0.39, 0.29) is 25.3 Å². The summed E-state index contributed by atoms with van der Waals surface area (Å²) in [6, 6.07) is 3.43. The SMILES string of the molecule is Nc1ncccc1CNC(=O)C[C@H]1CC1(F)F. The molecule has 1 aliphatic rings. The molecule has 1 aliphatic carbocycles. The molecular formula is C11H13F2N3O. The van der Waals surface area contributed by atoms with E-state index in [4.69, 9.17) is 5.73 Å². The number of nitrogens with one attached hydrogen (secondary N) is 1. The predicted octanol–water partition coefficient (Wildman–Crippen LogP) is 1.33. The number of halogens is 2. The molecule has 0 saturated heterocycles. The fraction of sp³-hybridized carbons (Fsp3) is 0.455. The molecular weight excluding hydrogens is 228 g/mol. The molecule has 0 unspecified atom stereocenters. The molecule has 92 valence electrons. The van der Waals surface area contributed by atoms with Crippen LogP contribution in [0.5, 0.6) is 0 Å². The summed E-state index contributed by atoms with van der Waals surface area (Å²) in [4.78, 5) is 15.2. The molecule has 17 heavy (non-hydrogen) atoms. The lowest BCUT2D eigenvalue weighted by Gasteiger charge is -2.06. The van der Waals surface area contributed by atoms with Gasteiger partial charge >= 0.3 is 0 Å². The van der Waals surface area contributed by atoms with E-state index in [0.29, 0.717) is 11.4 Å². The van der Waals surface area contributed by atoms with E-state index in [9.17, 15) is 13.6 Å². The number of aromatic nitrogens is 1. The number of amides is 1. The molecule has 1 atom stereocenters. The van der Waals surface area contributed by atoms with E-state index >= 15 is 0 Å². The van der Waals surface area contributed by atoms with E-state index in [2.05, 4.69) is 10.3 Å². The Labute approximate surface area is 97.2 Å². The number of hydrogen-bond acceptors (Lipinski definition) is 3. The summed E-state index contributed by atoms with van der Waals surface area (Å²) < 4.78 is 25.1. The molecule has 1 aromatic rings. The Morgan fingerprint density at radius 1 is 1.65 bits per heavy atom. The van der Waals surface area contributed by atoms with Crippen LogP contribution in [-0.2, 0) is 11.3 Å². The van der Waals surface area contributed by atoms with Crippen LogP contribution in [0.1, 0.15) is 18.4 Å². The van der Waals surface area contributed by atoms with Crippen molar-refractivity contribution in [3.05, 3.63) is 23.9 Å². The lowest BCUT2D eigenvalue weighted by atomic mass is 10.2. The zero-order valence-electron chi connectivity index (χ0n) is 9.12. The van der Waals surface area contributed by atoms with Crippen LogP contribution in [0.15, 0.2) is 18.3 Å². The van der Waals surface area contributed by atoms with Crippen molar-refractivity contribution in [1.82, 2.24) is 10.3 Å². The normalized spacial score (nSPS) is 20.9. The van der Waals surface area contributed by atoms with E-state index in [1.807, 2.05) is 0 Å². The third kappa shape index (κ3) is 2.89. The second-order valence-electron chi connectivity index (χ2n) is 4.19. The first-order chi connectivity index (χ1) is 7.99. The van der Waals surface area contributed by atoms with Gasteiger partial charge in [-0.25, -0.2) is 13.8 Å². The maximum atomic E-state index is 12.6. The molecule has 0 bridgehead atoms. The van der Waals surface area contributed by atoms with Gasteiger partial charge in [0, 0.05) is 37.1 Å². The summed E-state index contributed by atoms with van der Waals surface area (Å²) in [6.45, 7) is 0.219. The van der Waals surface area contributed by atoms with Gasteiger partial charge in [0.1, 0.15) is 5.82 Å². The highest BCUT2D eigenvalue weighted by Crippen LogP contribution is 2.50. The maximum absolute atomic E-state index is 12.6. The number of pyridine rings is 1. The quantitative estimate of drug-likeness (QED) is 0.835. The molecule has 0 aliphatic heterocycles. The Bertz CT molecular complexity index is 436. The Morgan fingerprint density at radius 2 is 2.35 bits per heavy atom. The monoisotopic (exact) mass is 241 g/mol. The average Bonchev–Trinajstić information content (AvgIpc) is 2.85. The summed E-state index contributed by atoms with van der Waals surface area (Å²) in [5.41, 5.74) is 6.26. The number of nitrogens with zero attached hydrogens (tertiary/aromatic N) is 1. The molecule has 2 rings (SSSR count). The van der Waals surface area contributed by atoms with Crippen molar-refractivity contribution < 1.29 is 13.6 Å². The number of carbonyl (C=O) groups excluding carboxylic acids is 1. The Balaban J connectivity index is 1.79. The first-order valence-electron chi connectivity index (χ1n) is 5.33. The predicted molar refractivity (Wildman–Crippen MR) is 58.2 cm³/mol. The molecule has 3 N–H and O–H groups in total. The van der Waals surface area contributed by atoms with E-state index < -0.39 is 11.8 Å². The standard InChI is InChI=1S/C11H13F2N3O/c12-11(13)5-8(11)4-9(17)16-6-7-2-1-3-15-10(7)14/h1-3,8H,4-6H2,(H2,14,15)(H,16,17)/t8-/m0/s1. The molecule has 1 saturated carbocycles. The summed E-state index contributed by atoms with van der Waals surface area (Å²) in [6.07, 6.45) is 1.23. The van der Waals surface area contributed by atoms with Crippen LogP contribution in [0.25, 0.3) is 0 Å². The number of nitrogens with two attached hydrogens (primary N) is 1. The number of nitrogen functional groups attached to an aromatic ring is 1. The van der Waals surface area contributed by atoms with Crippen LogP contribution in [0, 0.1) is 5.92 Å². The molecule has 0 spiro atoms. The third-order valence-electron chi connectivity index (χ3n) is 2.79. The first kappa shape index (κ1) is 11.8. The Kier molecular flexibility index (Phi) is 2.95. The molecule has 0 aromatic carbocycles. The van der Waals surface area contributed by atoms with Crippen molar-refractivity contribution in [2.75, 3.05) is 5.73 Å². The highest BCUT2D eigenvalue weighted by Gasteiger charge is 2.57. The molecule has 1 aromatic heterocycles. The number of anilines is 1. The minimum atomic E-state index is -2.65. The highest BCUT2D eigenvalue weighted by atomic mass is 19.3. The largest absolute Gasteiger partial charge is 0.383 e. The fourth-order valence-electron chi connectivity index (χ4n) is 1.58. The van der Waals surface area contributed by atoms with Crippen molar-refractivity contribution in [3.8, 4) is 0 Å². The molecule has 1 fully saturated rings. The fourth-order valence-corrected chi connectivity index (χ4v) is 1.58. The molecule has 1 amide bonds. The summed E-state index contributed by atoms with van der Waals surface area (Å²) in [7, 11) is 0. The van der Waals surface area contributed by atoms with E-state index in [1.54, 1.807) is 18.3 Å². The van der Waals surface area contributed by atoms with Crippen LogP contribution in [0.4, 0.5) is 14.6 Å². The van der Waals surface area contributed by atoms with Crippen molar-refractivity contribution in [1.29, 1.82) is 0 Å². The van der Waals surface area contributed by atoms with E-state index in [0.717, 1.165) is 0 Å². The number of hydrogen-bond donors (Lipinski definition) is 2. The van der Waals surface area contributed by atoms with Gasteiger partial charge < -0.3 is 11.1 Å². The van der Waals surface area contributed by atoms with Crippen molar-refractivity contribution in [2.45, 2.75) is 25.3 Å². The van der Waals surface area contributed by atoms with Crippen LogP contribution < -0.4 is 11.1 Å². The highest BCUT2D eigenvalue weighted by molar-refractivity contribution is 5.76. The van der Waals surface area contributed by atoms with Gasteiger partial charge in [0.25, 0.3) is 5.92 Å². The van der Waals surface area contributed by atoms with Gasteiger partial charge in [0.05, 0.1) is 0 Å². The van der Waals surface area contributed by atoms with Gasteiger partial charge in [-0.15, -0.1) is 0 Å². The van der Waals surface area contributed by atoms with Gasteiger partial charge in [0.15, 0.2) is 0 Å². The average molecular weight is 241 g/mol. The summed E-state index contributed by atoms with van der Waals surface area (Å²) in [5.74, 6) is -3.49. The number of alkyl halides is 2. The first-order valence-corrected chi connectivity index (χ1v) is 5.33. The molecule has 6 heteroatoms. The van der Waals surface area contributed by atoms with Gasteiger partial charge in [-0.3, -0.25) is 4.79 Å². The van der Waals surface area contributed by atoms with Crippen LogP contribution in [0.3, 0.4) is 0 Å². The number of rotatable bonds is 4. The summed E-state index contributed by atoms with van der Waals surface area (Å²) in [5, 5.41) is 2.56. The molecule has 0 radical (unpaired) electrons. The smallest absolute Gasteiger partial charge is 0.252 e. The summed E-state index contributed by atoms with van der Waals surface area (Å²) >= 11 is 0. The topological polar surface area (TPSA) is 68.0 Å². The lowest BCUT2D eigenvalue weighted by molar-refractivity contribution is -0.122. The van der Waals surface area contributed by atoms with Gasteiger partial charge in [-0.2, -0.15) is 0 Å². The second-order valence-corrected chi connectivity index (χ2v) is 4.19. The van der Waals surface area contributed by atoms with Gasteiger partial charge in [-0.05, 0) is 6.07 Å². The van der Waals surface area contributed by atoms with Crippen LogP contribution >= 0.6 is 0 Å². The van der Waals surface area contributed by atoms with E-state index in [1.165, 1.54) is 0 Å². The van der Waals surface area contributed by atoms with Gasteiger partial charge in [-0.1, -0.05) is 6.07 Å². The Hall–Kier alpha value is -1.72. The van der Waals surface area contributed by atoms with Crippen molar-refractivity contribution in [3.63, 3.8) is 0 Å². The third-order valence-corrected chi connectivity index (χ3v) is 2.79. The minimum Gasteiger partial charge on any atom is -0.383 e. The maximum Gasteiger partial charge on any atom is 0.252 e. The number of carbonyl (C=O) groups is 1. The van der Waals surface area contributed by atoms with Crippen LogP contribution in [-0.4, -0.2) is 16.8 Å². The molecule has 4 nitrogen and oxygen atoms in total. The van der Waals surface area contributed by atoms with Crippen molar-refractivity contribution >= 4 is 11.7 Å². The lowest BCUT2D eigenvalue weighted by Crippen LogP contribution is -2.24. The minimum absolute atomic E-state index is 0.132.